The van der Waals surface area contributed by atoms with Gasteiger partial charge < -0.3 is 15.6 Å². The summed E-state index contributed by atoms with van der Waals surface area (Å²) in [4.78, 5) is 24.4. The minimum absolute atomic E-state index is 0.0207. The molecule has 1 aliphatic heterocycles. The highest BCUT2D eigenvalue weighted by atomic mass is 35.5. The summed E-state index contributed by atoms with van der Waals surface area (Å²) in [7, 11) is 0. The molecule has 0 saturated carbocycles. The molecule has 0 bridgehead atoms. The molecule has 0 aliphatic carbocycles. The lowest BCUT2D eigenvalue weighted by Crippen LogP contribution is -2.43. The average Bonchev–Trinajstić information content (AvgIpc) is 2.50. The first-order valence-electron chi connectivity index (χ1n) is 6.97. The molecule has 0 aromatic carbocycles. The molecule has 0 amide bonds. The highest BCUT2D eigenvalue weighted by molar-refractivity contribution is 6.32. The van der Waals surface area contributed by atoms with Gasteiger partial charge in [0.1, 0.15) is 10.8 Å². The molecule has 6 nitrogen and oxygen atoms in total. The van der Waals surface area contributed by atoms with Gasteiger partial charge in [-0.05, 0) is 18.9 Å². The summed E-state index contributed by atoms with van der Waals surface area (Å²) >= 11 is 6.09. The molecule has 1 atom stereocenters. The third-order valence-corrected chi connectivity index (χ3v) is 3.94. The Morgan fingerprint density at radius 2 is 2.32 bits per heavy atom. The van der Waals surface area contributed by atoms with Crippen LogP contribution in [0.25, 0.3) is 11.4 Å². The van der Waals surface area contributed by atoms with Crippen LogP contribution in [0, 0.1) is 5.95 Å². The van der Waals surface area contributed by atoms with Crippen LogP contribution in [0.4, 0.5) is 10.2 Å². The Labute approximate surface area is 131 Å². The first-order valence-corrected chi connectivity index (χ1v) is 7.34. The standard InChI is InChI=1S/C14H15ClFN5O/c15-11-13(21-5-1-2-9(17)7-21)19-12(20-14(11)22)8-3-4-18-10(16)6-8/h3-4,6,9H,1-2,5,7,17H2,(H,19,20,22). The van der Waals surface area contributed by atoms with Gasteiger partial charge in [0.2, 0.25) is 5.95 Å². The number of rotatable bonds is 2. The number of nitrogens with zero attached hydrogens (tertiary/aromatic N) is 3. The van der Waals surface area contributed by atoms with Crippen molar-refractivity contribution in [1.29, 1.82) is 0 Å². The summed E-state index contributed by atoms with van der Waals surface area (Å²) < 4.78 is 13.3. The van der Waals surface area contributed by atoms with E-state index < -0.39 is 11.5 Å². The van der Waals surface area contributed by atoms with Crippen LogP contribution in [0.5, 0.6) is 0 Å². The van der Waals surface area contributed by atoms with Crippen molar-refractivity contribution in [3.8, 4) is 11.4 Å². The number of nitrogens with two attached hydrogens (primary N) is 1. The van der Waals surface area contributed by atoms with Gasteiger partial charge in [0.15, 0.2) is 5.82 Å². The van der Waals surface area contributed by atoms with Crippen molar-refractivity contribution in [1.82, 2.24) is 15.0 Å². The van der Waals surface area contributed by atoms with Gasteiger partial charge in [-0.2, -0.15) is 4.39 Å². The zero-order valence-electron chi connectivity index (χ0n) is 11.7. The summed E-state index contributed by atoms with van der Waals surface area (Å²) in [6, 6.07) is 2.80. The van der Waals surface area contributed by atoms with Gasteiger partial charge in [0, 0.05) is 37.0 Å². The Kier molecular flexibility index (Phi) is 4.08. The monoisotopic (exact) mass is 323 g/mol. The van der Waals surface area contributed by atoms with E-state index in [0.29, 0.717) is 17.9 Å². The second-order valence-corrected chi connectivity index (χ2v) is 5.65. The summed E-state index contributed by atoms with van der Waals surface area (Å²) in [6.07, 6.45) is 3.15. The Bertz CT molecular complexity index is 750. The second kappa shape index (κ2) is 6.02. The zero-order chi connectivity index (χ0) is 15.7. The Morgan fingerprint density at radius 1 is 1.50 bits per heavy atom. The summed E-state index contributed by atoms with van der Waals surface area (Å²) in [5.41, 5.74) is 5.94. The van der Waals surface area contributed by atoms with Gasteiger partial charge in [-0.25, -0.2) is 9.97 Å². The van der Waals surface area contributed by atoms with Crippen molar-refractivity contribution in [3.63, 3.8) is 0 Å². The molecule has 2 aromatic rings. The number of pyridine rings is 1. The molecule has 3 rings (SSSR count). The van der Waals surface area contributed by atoms with Crippen molar-refractivity contribution in [2.24, 2.45) is 5.73 Å². The largest absolute Gasteiger partial charge is 0.354 e. The normalized spacial score (nSPS) is 18.5. The van der Waals surface area contributed by atoms with Crippen molar-refractivity contribution in [3.05, 3.63) is 39.7 Å². The zero-order valence-corrected chi connectivity index (χ0v) is 12.5. The molecule has 1 fully saturated rings. The van der Waals surface area contributed by atoms with Crippen molar-refractivity contribution in [2.45, 2.75) is 18.9 Å². The summed E-state index contributed by atoms with van der Waals surface area (Å²) in [5, 5.41) is 0.0207. The molecule has 0 spiro atoms. The smallest absolute Gasteiger partial charge is 0.272 e. The van der Waals surface area contributed by atoms with E-state index in [2.05, 4.69) is 15.0 Å². The molecule has 1 unspecified atom stereocenters. The van der Waals surface area contributed by atoms with Crippen molar-refractivity contribution < 1.29 is 4.39 Å². The van der Waals surface area contributed by atoms with Crippen LogP contribution in [0.3, 0.4) is 0 Å². The highest BCUT2D eigenvalue weighted by Gasteiger charge is 2.22. The maximum absolute atomic E-state index is 13.3. The summed E-state index contributed by atoms with van der Waals surface area (Å²) in [5.74, 6) is -0.00530. The van der Waals surface area contributed by atoms with Gasteiger partial charge in [-0.1, -0.05) is 11.6 Å². The quantitative estimate of drug-likeness (QED) is 0.819. The summed E-state index contributed by atoms with van der Waals surface area (Å²) in [6.45, 7) is 1.31. The molecule has 0 radical (unpaired) electrons. The molecule has 3 N–H and O–H groups in total. The van der Waals surface area contributed by atoms with Gasteiger partial charge in [-0.15, -0.1) is 0 Å². The third kappa shape index (κ3) is 2.95. The predicted octanol–water partition coefficient (Wildman–Crippen LogP) is 1.55. The van der Waals surface area contributed by atoms with Crippen LogP contribution in [0.2, 0.25) is 5.02 Å². The number of piperidine rings is 1. The first kappa shape index (κ1) is 14.9. The molecular formula is C14H15ClFN5O. The number of H-pyrrole nitrogens is 1. The number of halogens is 2. The predicted molar refractivity (Wildman–Crippen MR) is 82.5 cm³/mol. The molecule has 2 aromatic heterocycles. The van der Waals surface area contributed by atoms with E-state index in [-0.39, 0.29) is 16.9 Å². The van der Waals surface area contributed by atoms with Crippen molar-refractivity contribution in [2.75, 3.05) is 18.0 Å². The highest BCUT2D eigenvalue weighted by Crippen LogP contribution is 2.25. The van der Waals surface area contributed by atoms with Crippen LogP contribution >= 0.6 is 11.6 Å². The number of aromatic amines is 1. The van der Waals surface area contributed by atoms with E-state index in [0.717, 1.165) is 19.4 Å². The van der Waals surface area contributed by atoms with E-state index in [1.807, 2.05) is 4.90 Å². The van der Waals surface area contributed by atoms with E-state index in [4.69, 9.17) is 17.3 Å². The molecular weight excluding hydrogens is 309 g/mol. The van der Waals surface area contributed by atoms with Crippen LogP contribution in [-0.4, -0.2) is 34.1 Å². The SMILES string of the molecule is NC1CCCN(c2nc(-c3ccnc(F)c3)[nH]c(=O)c2Cl)C1. The fraction of sp³-hybridized carbons (Fsp3) is 0.357. The van der Waals surface area contributed by atoms with Gasteiger partial charge in [0.25, 0.3) is 5.56 Å². The molecule has 116 valence electrons. The van der Waals surface area contributed by atoms with Gasteiger partial charge in [-0.3, -0.25) is 4.79 Å². The molecule has 8 heteroatoms. The minimum atomic E-state index is -0.642. The molecule has 22 heavy (non-hydrogen) atoms. The lowest BCUT2D eigenvalue weighted by Gasteiger charge is -2.32. The lowest BCUT2D eigenvalue weighted by molar-refractivity contribution is 0.503. The fourth-order valence-electron chi connectivity index (χ4n) is 2.55. The van der Waals surface area contributed by atoms with E-state index >= 15 is 0 Å². The number of anilines is 1. The molecule has 1 aliphatic rings. The third-order valence-electron chi connectivity index (χ3n) is 3.60. The number of hydrogen-bond donors (Lipinski definition) is 2. The average molecular weight is 324 g/mol. The maximum atomic E-state index is 13.3. The van der Waals surface area contributed by atoms with Crippen molar-refractivity contribution >= 4 is 17.4 Å². The Morgan fingerprint density at radius 3 is 3.05 bits per heavy atom. The fourth-order valence-corrected chi connectivity index (χ4v) is 2.75. The van der Waals surface area contributed by atoms with E-state index in [1.165, 1.54) is 12.3 Å². The second-order valence-electron chi connectivity index (χ2n) is 5.27. The van der Waals surface area contributed by atoms with Gasteiger partial charge in [0.05, 0.1) is 0 Å². The Hall–Kier alpha value is -1.99. The van der Waals surface area contributed by atoms with E-state index in [1.54, 1.807) is 6.07 Å². The minimum Gasteiger partial charge on any atom is -0.354 e. The van der Waals surface area contributed by atoms with E-state index in [9.17, 15) is 9.18 Å². The first-order chi connectivity index (χ1) is 10.5. The van der Waals surface area contributed by atoms with Crippen LogP contribution in [-0.2, 0) is 0 Å². The topological polar surface area (TPSA) is 87.9 Å². The number of hydrogen-bond acceptors (Lipinski definition) is 5. The number of nitrogens with one attached hydrogen (secondary N) is 1. The molecule has 3 heterocycles. The molecule has 1 saturated heterocycles. The Balaban J connectivity index is 2.05. The lowest BCUT2D eigenvalue weighted by atomic mass is 10.1. The maximum Gasteiger partial charge on any atom is 0.272 e. The van der Waals surface area contributed by atoms with Crippen LogP contribution in [0.15, 0.2) is 23.1 Å². The number of aromatic nitrogens is 3. The van der Waals surface area contributed by atoms with Crippen LogP contribution in [0.1, 0.15) is 12.8 Å². The van der Waals surface area contributed by atoms with Crippen LogP contribution < -0.4 is 16.2 Å². The van der Waals surface area contributed by atoms with Gasteiger partial charge >= 0.3 is 0 Å².